The Kier molecular flexibility index (Phi) is 3.63. The maximum Gasteiger partial charge on any atom is 0.248 e. The predicted molar refractivity (Wildman–Crippen MR) is 74.5 cm³/mol. The van der Waals surface area contributed by atoms with Crippen LogP contribution in [0.1, 0.15) is 53.4 Å². The number of rotatable bonds is 3. The molecule has 1 unspecified atom stereocenters. The van der Waals surface area contributed by atoms with E-state index in [1.807, 2.05) is 11.8 Å². The first-order chi connectivity index (χ1) is 8.72. The van der Waals surface area contributed by atoms with E-state index >= 15 is 0 Å². The van der Waals surface area contributed by atoms with Crippen LogP contribution in [-0.2, 0) is 9.59 Å². The van der Waals surface area contributed by atoms with Gasteiger partial charge in [0.2, 0.25) is 11.8 Å². The van der Waals surface area contributed by atoms with Crippen LogP contribution in [0.5, 0.6) is 0 Å². The second kappa shape index (κ2) is 4.80. The molecule has 1 saturated heterocycles. The molecule has 4 heteroatoms. The van der Waals surface area contributed by atoms with Crippen molar-refractivity contribution < 1.29 is 9.59 Å². The minimum Gasteiger partial charge on any atom is -0.342 e. The van der Waals surface area contributed by atoms with Gasteiger partial charge in [-0.05, 0) is 37.5 Å². The van der Waals surface area contributed by atoms with Gasteiger partial charge in [-0.25, -0.2) is 0 Å². The molecule has 0 aromatic rings. The molecule has 1 aliphatic carbocycles. The molecule has 0 spiro atoms. The smallest absolute Gasteiger partial charge is 0.248 e. The SMILES string of the molecule is CC(C)(C)CCN1CCC(=O)NC(C)(C2CC2)C1=O. The van der Waals surface area contributed by atoms with E-state index in [0.29, 0.717) is 18.9 Å². The molecule has 1 heterocycles. The van der Waals surface area contributed by atoms with Crippen molar-refractivity contribution >= 4 is 11.8 Å². The Morgan fingerprint density at radius 3 is 2.47 bits per heavy atom. The first-order valence-corrected chi connectivity index (χ1v) is 7.33. The average molecular weight is 266 g/mol. The molecule has 0 radical (unpaired) electrons. The highest BCUT2D eigenvalue weighted by atomic mass is 16.2. The fraction of sp³-hybridized carbons (Fsp3) is 0.867. The molecule has 0 aromatic heterocycles. The fourth-order valence-electron chi connectivity index (χ4n) is 2.69. The molecular weight excluding hydrogens is 240 g/mol. The summed E-state index contributed by atoms with van der Waals surface area (Å²) >= 11 is 0. The molecule has 0 aromatic carbocycles. The van der Waals surface area contributed by atoms with Crippen molar-refractivity contribution in [1.29, 1.82) is 0 Å². The molecule has 2 aliphatic rings. The van der Waals surface area contributed by atoms with Gasteiger partial charge in [-0.1, -0.05) is 20.8 Å². The summed E-state index contributed by atoms with van der Waals surface area (Å²) in [6, 6.07) is 0. The summed E-state index contributed by atoms with van der Waals surface area (Å²) in [6.45, 7) is 9.75. The normalized spacial score (nSPS) is 29.2. The predicted octanol–water partition coefficient (Wildman–Crippen LogP) is 1.94. The average Bonchev–Trinajstić information content (AvgIpc) is 3.09. The van der Waals surface area contributed by atoms with Crippen molar-refractivity contribution in [3.8, 4) is 0 Å². The van der Waals surface area contributed by atoms with Crippen LogP contribution in [0.2, 0.25) is 0 Å². The molecule has 2 amide bonds. The van der Waals surface area contributed by atoms with Gasteiger partial charge in [0.1, 0.15) is 5.54 Å². The zero-order valence-corrected chi connectivity index (χ0v) is 12.6. The van der Waals surface area contributed by atoms with Crippen molar-refractivity contribution in [2.24, 2.45) is 11.3 Å². The molecule has 2 fully saturated rings. The topological polar surface area (TPSA) is 49.4 Å². The number of hydrogen-bond donors (Lipinski definition) is 1. The van der Waals surface area contributed by atoms with Gasteiger partial charge in [0, 0.05) is 19.5 Å². The maximum absolute atomic E-state index is 12.7. The molecule has 1 saturated carbocycles. The van der Waals surface area contributed by atoms with Crippen LogP contribution in [-0.4, -0.2) is 35.3 Å². The minimum absolute atomic E-state index is 0.0148. The van der Waals surface area contributed by atoms with Crippen LogP contribution < -0.4 is 5.32 Å². The van der Waals surface area contributed by atoms with Gasteiger partial charge in [-0.2, -0.15) is 0 Å². The number of carbonyl (C=O) groups excluding carboxylic acids is 2. The molecular formula is C15H26N2O2. The summed E-state index contributed by atoms with van der Waals surface area (Å²) in [7, 11) is 0. The van der Waals surface area contributed by atoms with Crippen LogP contribution in [0.3, 0.4) is 0 Å². The van der Waals surface area contributed by atoms with Gasteiger partial charge < -0.3 is 10.2 Å². The fourth-order valence-corrected chi connectivity index (χ4v) is 2.69. The number of carbonyl (C=O) groups is 2. The minimum atomic E-state index is -0.661. The third-order valence-electron chi connectivity index (χ3n) is 4.26. The first kappa shape index (κ1) is 14.4. The Hall–Kier alpha value is -1.06. The van der Waals surface area contributed by atoms with Crippen LogP contribution in [0.4, 0.5) is 0 Å². The molecule has 1 atom stereocenters. The Labute approximate surface area is 115 Å². The van der Waals surface area contributed by atoms with Crippen LogP contribution in [0.25, 0.3) is 0 Å². The van der Waals surface area contributed by atoms with Crippen LogP contribution >= 0.6 is 0 Å². The summed E-state index contributed by atoms with van der Waals surface area (Å²) in [4.78, 5) is 26.4. The molecule has 1 N–H and O–H groups in total. The third-order valence-corrected chi connectivity index (χ3v) is 4.26. The lowest BCUT2D eigenvalue weighted by molar-refractivity contribution is -0.139. The molecule has 2 rings (SSSR count). The second-order valence-electron chi connectivity index (χ2n) is 7.38. The van der Waals surface area contributed by atoms with E-state index in [2.05, 4.69) is 26.1 Å². The second-order valence-corrected chi connectivity index (χ2v) is 7.38. The molecule has 19 heavy (non-hydrogen) atoms. The maximum atomic E-state index is 12.7. The van der Waals surface area contributed by atoms with Gasteiger partial charge in [0.25, 0.3) is 0 Å². The lowest BCUT2D eigenvalue weighted by Gasteiger charge is -2.33. The number of amides is 2. The summed E-state index contributed by atoms with van der Waals surface area (Å²) in [5.41, 5.74) is -0.453. The lowest BCUT2D eigenvalue weighted by atomic mass is 9.90. The van der Waals surface area contributed by atoms with E-state index in [0.717, 1.165) is 25.8 Å². The Bertz CT molecular complexity index is 382. The zero-order chi connectivity index (χ0) is 14.3. The van der Waals surface area contributed by atoms with Gasteiger partial charge in [0.15, 0.2) is 0 Å². The van der Waals surface area contributed by atoms with Gasteiger partial charge >= 0.3 is 0 Å². The van der Waals surface area contributed by atoms with Crippen molar-refractivity contribution in [3.05, 3.63) is 0 Å². The number of nitrogens with zero attached hydrogens (tertiary/aromatic N) is 1. The third kappa shape index (κ3) is 3.28. The van der Waals surface area contributed by atoms with Crippen molar-refractivity contribution in [2.75, 3.05) is 13.1 Å². The molecule has 1 aliphatic heterocycles. The first-order valence-electron chi connectivity index (χ1n) is 7.33. The summed E-state index contributed by atoms with van der Waals surface area (Å²) in [6.07, 6.45) is 3.50. The Morgan fingerprint density at radius 1 is 1.32 bits per heavy atom. The number of hydrogen-bond acceptors (Lipinski definition) is 2. The standard InChI is InChI=1S/C15H26N2O2/c1-14(2,3)8-10-17-9-7-12(18)16-15(4,13(17)19)11-5-6-11/h11H,5-10H2,1-4H3,(H,16,18). The molecule has 4 nitrogen and oxygen atoms in total. The molecule has 108 valence electrons. The summed E-state index contributed by atoms with van der Waals surface area (Å²) in [5, 5.41) is 2.96. The van der Waals surface area contributed by atoms with E-state index in [-0.39, 0.29) is 17.2 Å². The highest BCUT2D eigenvalue weighted by molar-refractivity contribution is 5.93. The Balaban J connectivity index is 2.10. The van der Waals surface area contributed by atoms with E-state index in [4.69, 9.17) is 0 Å². The van der Waals surface area contributed by atoms with Gasteiger partial charge in [0.05, 0.1) is 0 Å². The van der Waals surface area contributed by atoms with Crippen LogP contribution in [0, 0.1) is 11.3 Å². The van der Waals surface area contributed by atoms with E-state index in [1.165, 1.54) is 0 Å². The van der Waals surface area contributed by atoms with E-state index in [1.54, 1.807) is 0 Å². The van der Waals surface area contributed by atoms with E-state index < -0.39 is 5.54 Å². The van der Waals surface area contributed by atoms with Crippen LogP contribution in [0.15, 0.2) is 0 Å². The highest BCUT2D eigenvalue weighted by Gasteiger charge is 2.50. The molecule has 0 bridgehead atoms. The zero-order valence-electron chi connectivity index (χ0n) is 12.6. The van der Waals surface area contributed by atoms with Gasteiger partial charge in [-0.3, -0.25) is 9.59 Å². The van der Waals surface area contributed by atoms with Crippen molar-refractivity contribution in [3.63, 3.8) is 0 Å². The van der Waals surface area contributed by atoms with Gasteiger partial charge in [-0.15, -0.1) is 0 Å². The monoisotopic (exact) mass is 266 g/mol. The Morgan fingerprint density at radius 2 is 1.95 bits per heavy atom. The highest BCUT2D eigenvalue weighted by Crippen LogP contribution is 2.41. The summed E-state index contributed by atoms with van der Waals surface area (Å²) < 4.78 is 0. The number of nitrogens with one attached hydrogen (secondary N) is 1. The van der Waals surface area contributed by atoms with Crippen molar-refractivity contribution in [1.82, 2.24) is 10.2 Å². The largest absolute Gasteiger partial charge is 0.342 e. The summed E-state index contributed by atoms with van der Waals surface area (Å²) in [5.74, 6) is 0.463. The van der Waals surface area contributed by atoms with Crippen molar-refractivity contribution in [2.45, 2.75) is 58.9 Å². The quantitative estimate of drug-likeness (QED) is 0.848. The van der Waals surface area contributed by atoms with E-state index in [9.17, 15) is 9.59 Å². The lowest BCUT2D eigenvalue weighted by Crippen LogP contribution is -2.57.